The van der Waals surface area contributed by atoms with Crippen LogP contribution in [0.5, 0.6) is 0 Å². The van der Waals surface area contributed by atoms with Gasteiger partial charge in [-0.3, -0.25) is 10.4 Å². The minimum Gasteiger partial charge on any atom is -0.502 e. The van der Waals surface area contributed by atoms with Crippen LogP contribution in [0.25, 0.3) is 0 Å². The molecule has 5 nitrogen and oxygen atoms in total. The molecule has 144 valence electrons. The van der Waals surface area contributed by atoms with Crippen molar-refractivity contribution in [2.45, 2.75) is 18.6 Å². The Labute approximate surface area is 144 Å². The van der Waals surface area contributed by atoms with Gasteiger partial charge in [0.1, 0.15) is 16.9 Å². The molecule has 2 rings (SSSR count). The van der Waals surface area contributed by atoms with E-state index in [1.807, 2.05) is 0 Å². The number of alkyl halides is 6. The van der Waals surface area contributed by atoms with Crippen molar-refractivity contribution in [2.75, 3.05) is 12.1 Å². The van der Waals surface area contributed by atoms with Crippen LogP contribution in [0.4, 0.5) is 32.0 Å². The number of anilines is 1. The molecule has 0 aliphatic carbocycles. The number of rotatable bonds is 3. The van der Waals surface area contributed by atoms with Gasteiger partial charge in [0, 0.05) is 5.70 Å². The number of halogens is 6. The highest BCUT2D eigenvalue weighted by molar-refractivity contribution is 7.97. The number of hydrogen-bond acceptors (Lipinski definition) is 5. The second-order valence-electron chi connectivity index (χ2n) is 5.19. The van der Waals surface area contributed by atoms with E-state index in [4.69, 9.17) is 9.52 Å². The van der Waals surface area contributed by atoms with Gasteiger partial charge in [0.05, 0.1) is 18.4 Å². The number of methoxy groups -OCH3 is 1. The molecule has 0 radical (unpaired) electrons. The number of hydrogen-bond donors (Lipinski definition) is 2. The van der Waals surface area contributed by atoms with Gasteiger partial charge in [0.15, 0.2) is 9.73 Å². The smallest absolute Gasteiger partial charge is 0.483 e. The molecule has 0 saturated carbocycles. The van der Waals surface area contributed by atoms with Crippen molar-refractivity contribution in [3.05, 3.63) is 52.4 Å². The Hall–Kier alpha value is -2.37. The van der Waals surface area contributed by atoms with Crippen molar-refractivity contribution in [3.63, 3.8) is 0 Å². The van der Waals surface area contributed by atoms with Crippen LogP contribution < -0.4 is 10.4 Å². The summed E-state index contributed by atoms with van der Waals surface area (Å²) < 4.78 is 101. The predicted octanol–water partition coefficient (Wildman–Crippen LogP) is 4.32. The van der Waals surface area contributed by atoms with E-state index in [2.05, 4.69) is 5.43 Å². The van der Waals surface area contributed by atoms with Crippen molar-refractivity contribution in [3.8, 4) is 0 Å². The summed E-state index contributed by atoms with van der Waals surface area (Å²) in [4.78, 5) is -0.855. The fourth-order valence-electron chi connectivity index (χ4n) is 2.27. The average Bonchev–Trinajstić information content (AvgIpc) is 2.83. The zero-order valence-corrected chi connectivity index (χ0v) is 14.1. The quantitative estimate of drug-likeness (QED) is 0.585. The van der Waals surface area contributed by atoms with Crippen LogP contribution in [0.3, 0.4) is 0 Å². The Bertz CT molecular complexity index is 854. The van der Waals surface area contributed by atoms with Crippen LogP contribution in [0.15, 0.2) is 46.8 Å². The molecule has 0 saturated heterocycles. The molecule has 12 heteroatoms. The van der Waals surface area contributed by atoms with Crippen molar-refractivity contribution in [1.82, 2.24) is 5.43 Å². The molecular weight excluding hydrogens is 388 g/mol. The topological polar surface area (TPSA) is 65.4 Å². The predicted molar refractivity (Wildman–Crippen MR) is 81.8 cm³/mol. The van der Waals surface area contributed by atoms with E-state index in [9.17, 15) is 30.6 Å². The molecule has 1 aromatic rings. The number of nitrogens with zero attached hydrogens (tertiary/aromatic N) is 1. The molecule has 1 aliphatic rings. The van der Waals surface area contributed by atoms with Gasteiger partial charge in [-0.25, -0.2) is 8.99 Å². The summed E-state index contributed by atoms with van der Waals surface area (Å²) in [5.74, 6) is 0. The Balaban J connectivity index is 2.50. The lowest BCUT2D eigenvalue weighted by molar-refractivity contribution is -0.137. The molecule has 0 spiro atoms. The summed E-state index contributed by atoms with van der Waals surface area (Å²) in [6, 6.07) is 3.54. The Kier molecular flexibility index (Phi) is 4.92. The van der Waals surface area contributed by atoms with E-state index in [0.29, 0.717) is 0 Å². The lowest BCUT2D eigenvalue weighted by atomic mass is 10.2. The van der Waals surface area contributed by atoms with Gasteiger partial charge in [-0.1, -0.05) is 0 Å². The first-order valence-corrected chi connectivity index (χ1v) is 8.40. The molecule has 0 bridgehead atoms. The van der Waals surface area contributed by atoms with Gasteiger partial charge in [0.25, 0.3) is 0 Å². The third kappa shape index (κ3) is 3.45. The highest BCUT2D eigenvalue weighted by Gasteiger charge is 2.49. The first kappa shape index (κ1) is 19.9. The second-order valence-corrected chi connectivity index (χ2v) is 7.17. The number of nitrogens with one attached hydrogen (secondary N) is 2. The Morgan fingerprint density at radius 1 is 1.15 bits per heavy atom. The minimum absolute atomic E-state index is 0.0352. The molecule has 1 unspecified atom stereocenters. The van der Waals surface area contributed by atoms with E-state index in [-0.39, 0.29) is 17.1 Å². The number of allylic oxidation sites excluding steroid dienone is 1. The summed E-state index contributed by atoms with van der Waals surface area (Å²) in [6.07, 6.45) is -3.75. The van der Waals surface area contributed by atoms with E-state index in [0.717, 1.165) is 42.6 Å². The fraction of sp³-hybridized carbons (Fsp3) is 0.286. The maximum atomic E-state index is 13.0. The number of benzene rings is 1. The number of hydrazine groups is 1. The molecule has 0 aromatic heterocycles. The van der Waals surface area contributed by atoms with Crippen LogP contribution in [-0.2, 0) is 20.6 Å². The van der Waals surface area contributed by atoms with Crippen molar-refractivity contribution in [1.29, 1.82) is 4.78 Å². The average molecular weight is 401 g/mol. The summed E-state index contributed by atoms with van der Waals surface area (Å²) in [7, 11) is -4.09. The second kappa shape index (κ2) is 6.41. The standard InChI is InChI=1S/C14H13F6N3O2S/c1-8-12(26(21,24)14(18,19)20)11(7-25-2)23(22-8)10-5-3-9(4-6-10)13(15,16)17/h3-7,21-22H,1-2H3. The molecular formula is C14H13F6N3O2S. The molecule has 2 N–H and O–H groups in total. The SMILES string of the molecule is COC=C1C(S(=N)(=O)C(F)(F)F)=C(C)NN1c1ccc(C(F)(F)F)cc1. The van der Waals surface area contributed by atoms with Gasteiger partial charge < -0.3 is 4.74 Å². The van der Waals surface area contributed by atoms with Gasteiger partial charge in [-0.2, -0.15) is 26.3 Å². The largest absolute Gasteiger partial charge is 0.502 e. The molecule has 1 aliphatic heterocycles. The van der Waals surface area contributed by atoms with Gasteiger partial charge in [0.2, 0.25) is 0 Å². The van der Waals surface area contributed by atoms with Crippen LogP contribution in [0, 0.1) is 4.78 Å². The summed E-state index contributed by atoms with van der Waals surface area (Å²) in [5, 5.41) is 0.967. The van der Waals surface area contributed by atoms with Crippen LogP contribution in [-0.4, -0.2) is 16.8 Å². The van der Waals surface area contributed by atoms with E-state index < -0.39 is 31.9 Å². The molecule has 1 aromatic carbocycles. The minimum atomic E-state index is -5.34. The number of ether oxygens (including phenoxy) is 1. The first-order chi connectivity index (χ1) is 11.8. The van der Waals surface area contributed by atoms with Gasteiger partial charge in [-0.15, -0.1) is 0 Å². The molecule has 1 atom stereocenters. The Morgan fingerprint density at radius 2 is 1.69 bits per heavy atom. The zero-order chi connectivity index (χ0) is 19.9. The third-order valence-corrected chi connectivity index (χ3v) is 5.13. The van der Waals surface area contributed by atoms with E-state index in [1.165, 1.54) is 6.92 Å². The lowest BCUT2D eigenvalue weighted by Gasteiger charge is -2.23. The lowest BCUT2D eigenvalue weighted by Crippen LogP contribution is -2.31. The normalized spacial score (nSPS) is 19.5. The van der Waals surface area contributed by atoms with Crippen LogP contribution in [0.2, 0.25) is 0 Å². The third-order valence-electron chi connectivity index (χ3n) is 3.39. The van der Waals surface area contributed by atoms with E-state index in [1.54, 1.807) is 0 Å². The molecule has 0 fully saturated rings. The highest BCUT2D eigenvalue weighted by Crippen LogP contribution is 2.40. The fourth-order valence-corrected chi connectivity index (χ4v) is 3.41. The Morgan fingerprint density at radius 3 is 2.12 bits per heavy atom. The monoisotopic (exact) mass is 401 g/mol. The summed E-state index contributed by atoms with van der Waals surface area (Å²) >= 11 is 0. The first-order valence-electron chi connectivity index (χ1n) is 6.84. The maximum absolute atomic E-state index is 13.0. The van der Waals surface area contributed by atoms with Gasteiger partial charge in [-0.05, 0) is 31.2 Å². The van der Waals surface area contributed by atoms with Crippen LogP contribution in [0.1, 0.15) is 12.5 Å². The maximum Gasteiger partial charge on any atom is 0.483 e. The highest BCUT2D eigenvalue weighted by atomic mass is 32.2. The van der Waals surface area contributed by atoms with Crippen LogP contribution >= 0.6 is 0 Å². The molecule has 1 heterocycles. The van der Waals surface area contributed by atoms with Gasteiger partial charge >= 0.3 is 11.7 Å². The zero-order valence-electron chi connectivity index (χ0n) is 13.3. The van der Waals surface area contributed by atoms with Crippen molar-refractivity contribution < 1.29 is 35.3 Å². The van der Waals surface area contributed by atoms with Crippen molar-refractivity contribution in [2.24, 2.45) is 0 Å². The molecule has 26 heavy (non-hydrogen) atoms. The van der Waals surface area contributed by atoms with E-state index >= 15 is 0 Å². The van der Waals surface area contributed by atoms with Crippen molar-refractivity contribution >= 4 is 15.4 Å². The summed E-state index contributed by atoms with van der Waals surface area (Å²) in [6.45, 7) is 1.17. The summed E-state index contributed by atoms with van der Waals surface area (Å²) in [5.41, 5.74) is -4.39. The molecule has 0 amide bonds.